The lowest BCUT2D eigenvalue weighted by molar-refractivity contribution is 0.0962. The van der Waals surface area contributed by atoms with Gasteiger partial charge in [-0.2, -0.15) is 0 Å². The molecule has 1 aliphatic carbocycles. The Morgan fingerprint density at radius 1 is 1.00 bits per heavy atom. The third-order valence-electron chi connectivity index (χ3n) is 3.42. The van der Waals surface area contributed by atoms with E-state index in [0.717, 1.165) is 12.1 Å². The summed E-state index contributed by atoms with van der Waals surface area (Å²) in [5.74, 6) is 0. The summed E-state index contributed by atoms with van der Waals surface area (Å²) in [6.07, 6.45) is 5.59. The Bertz CT molecular complexity index is 145. The van der Waals surface area contributed by atoms with E-state index in [1.54, 1.807) is 0 Å². The molecule has 78 valence electrons. The second-order valence-electron chi connectivity index (χ2n) is 4.46. The molecule has 1 aliphatic rings. The van der Waals surface area contributed by atoms with E-state index in [4.69, 9.17) is 0 Å². The molecule has 1 saturated carbocycles. The predicted molar refractivity (Wildman–Crippen MR) is 58.0 cm³/mol. The number of hydrogen-bond acceptors (Lipinski definition) is 2. The van der Waals surface area contributed by atoms with Gasteiger partial charge in [0.2, 0.25) is 0 Å². The van der Waals surface area contributed by atoms with E-state index in [1.165, 1.54) is 32.2 Å². The highest BCUT2D eigenvalue weighted by molar-refractivity contribution is 4.86. The van der Waals surface area contributed by atoms with Crippen LogP contribution in [0.15, 0.2) is 0 Å². The average molecular weight is 184 g/mol. The highest BCUT2D eigenvalue weighted by atomic mass is 15.2. The van der Waals surface area contributed by atoms with Crippen LogP contribution in [0.2, 0.25) is 0 Å². The molecule has 0 radical (unpaired) electrons. The summed E-state index contributed by atoms with van der Waals surface area (Å²) < 4.78 is 0. The van der Waals surface area contributed by atoms with Gasteiger partial charge in [-0.25, -0.2) is 0 Å². The van der Waals surface area contributed by atoms with Crippen LogP contribution in [-0.2, 0) is 0 Å². The molecule has 0 unspecified atom stereocenters. The van der Waals surface area contributed by atoms with E-state index in [2.05, 4.69) is 37.9 Å². The van der Waals surface area contributed by atoms with E-state index in [1.807, 2.05) is 0 Å². The van der Waals surface area contributed by atoms with Crippen LogP contribution in [0, 0.1) is 0 Å². The van der Waals surface area contributed by atoms with Crippen LogP contribution >= 0.6 is 0 Å². The van der Waals surface area contributed by atoms with Crippen molar-refractivity contribution in [3.05, 3.63) is 0 Å². The van der Waals surface area contributed by atoms with E-state index in [-0.39, 0.29) is 0 Å². The van der Waals surface area contributed by atoms with Crippen molar-refractivity contribution >= 4 is 0 Å². The largest absolute Gasteiger partial charge is 0.305 e. The summed E-state index contributed by atoms with van der Waals surface area (Å²) in [6, 6.07) is 1.56. The molecule has 0 saturated heterocycles. The number of hydrogen-bond donors (Lipinski definition) is 0. The molecular weight excluding hydrogens is 160 g/mol. The van der Waals surface area contributed by atoms with Crippen molar-refractivity contribution in [1.29, 1.82) is 0 Å². The zero-order valence-electron chi connectivity index (χ0n) is 9.58. The minimum Gasteiger partial charge on any atom is -0.305 e. The molecule has 1 rings (SSSR count). The second kappa shape index (κ2) is 4.97. The smallest absolute Gasteiger partial charge is 0.0248 e. The fourth-order valence-corrected chi connectivity index (χ4v) is 2.44. The van der Waals surface area contributed by atoms with Gasteiger partial charge in [-0.1, -0.05) is 19.8 Å². The lowest BCUT2D eigenvalue weighted by Crippen LogP contribution is -2.49. The monoisotopic (exact) mass is 184 g/mol. The Morgan fingerprint density at radius 2 is 1.54 bits per heavy atom. The van der Waals surface area contributed by atoms with Crippen LogP contribution in [0.1, 0.15) is 32.6 Å². The van der Waals surface area contributed by atoms with Gasteiger partial charge in [0.1, 0.15) is 0 Å². The van der Waals surface area contributed by atoms with Crippen molar-refractivity contribution in [3.8, 4) is 0 Å². The van der Waals surface area contributed by atoms with Gasteiger partial charge in [0, 0.05) is 12.1 Å². The SMILES string of the molecule is CCN(C)[C@@H]1CCCC[C@H]1N(C)C. The van der Waals surface area contributed by atoms with Crippen LogP contribution in [0.3, 0.4) is 0 Å². The molecule has 0 aromatic rings. The van der Waals surface area contributed by atoms with Crippen molar-refractivity contribution in [2.24, 2.45) is 0 Å². The first kappa shape index (κ1) is 11.0. The Kier molecular flexibility index (Phi) is 4.20. The van der Waals surface area contributed by atoms with Gasteiger partial charge in [-0.05, 0) is 40.5 Å². The van der Waals surface area contributed by atoms with Crippen LogP contribution in [0.5, 0.6) is 0 Å². The molecule has 0 aromatic carbocycles. The first-order valence-electron chi connectivity index (χ1n) is 5.53. The normalized spacial score (nSPS) is 30.0. The summed E-state index contributed by atoms with van der Waals surface area (Å²) in [7, 11) is 6.69. The van der Waals surface area contributed by atoms with Gasteiger partial charge in [-0.15, -0.1) is 0 Å². The van der Waals surface area contributed by atoms with E-state index >= 15 is 0 Å². The zero-order valence-corrected chi connectivity index (χ0v) is 9.58. The van der Waals surface area contributed by atoms with Gasteiger partial charge in [0.05, 0.1) is 0 Å². The molecule has 0 bridgehead atoms. The summed E-state index contributed by atoms with van der Waals surface area (Å²) >= 11 is 0. The third kappa shape index (κ3) is 2.68. The predicted octanol–water partition coefficient (Wildman–Crippen LogP) is 1.81. The van der Waals surface area contributed by atoms with Crippen molar-refractivity contribution in [2.75, 3.05) is 27.7 Å². The van der Waals surface area contributed by atoms with E-state index in [9.17, 15) is 0 Å². The quantitative estimate of drug-likeness (QED) is 0.660. The molecule has 0 amide bonds. The fraction of sp³-hybridized carbons (Fsp3) is 1.00. The summed E-state index contributed by atoms with van der Waals surface area (Å²) in [5, 5.41) is 0. The van der Waals surface area contributed by atoms with Crippen molar-refractivity contribution in [2.45, 2.75) is 44.7 Å². The molecule has 2 atom stereocenters. The molecule has 0 heterocycles. The van der Waals surface area contributed by atoms with Gasteiger partial charge >= 0.3 is 0 Å². The van der Waals surface area contributed by atoms with E-state index < -0.39 is 0 Å². The summed E-state index contributed by atoms with van der Waals surface area (Å²) in [4.78, 5) is 4.90. The van der Waals surface area contributed by atoms with Crippen molar-refractivity contribution in [3.63, 3.8) is 0 Å². The summed E-state index contributed by atoms with van der Waals surface area (Å²) in [6.45, 7) is 3.43. The standard InChI is InChI=1S/C11H24N2/c1-5-13(4)11-9-7-6-8-10(11)12(2)3/h10-11H,5-9H2,1-4H3/t10-,11-/m1/s1. The highest BCUT2D eigenvalue weighted by Crippen LogP contribution is 2.24. The number of likely N-dealkylation sites (N-methyl/N-ethyl adjacent to an activating group) is 2. The molecule has 2 heteroatoms. The maximum absolute atomic E-state index is 2.50. The van der Waals surface area contributed by atoms with Gasteiger partial charge in [0.15, 0.2) is 0 Å². The Balaban J connectivity index is 2.56. The molecule has 0 aliphatic heterocycles. The molecule has 0 aromatic heterocycles. The molecule has 0 N–H and O–H groups in total. The first-order valence-corrected chi connectivity index (χ1v) is 5.53. The Morgan fingerprint density at radius 3 is 2.00 bits per heavy atom. The van der Waals surface area contributed by atoms with Crippen molar-refractivity contribution in [1.82, 2.24) is 9.80 Å². The van der Waals surface area contributed by atoms with Crippen LogP contribution in [-0.4, -0.2) is 49.6 Å². The lowest BCUT2D eigenvalue weighted by Gasteiger charge is -2.41. The minimum absolute atomic E-state index is 0.777. The molecule has 1 fully saturated rings. The van der Waals surface area contributed by atoms with E-state index in [0.29, 0.717) is 0 Å². The second-order valence-corrected chi connectivity index (χ2v) is 4.46. The lowest BCUT2D eigenvalue weighted by atomic mass is 9.88. The maximum Gasteiger partial charge on any atom is 0.0248 e. The van der Waals surface area contributed by atoms with Gasteiger partial charge in [-0.3, -0.25) is 0 Å². The Labute approximate surface area is 82.9 Å². The average Bonchev–Trinajstić information content (AvgIpc) is 2.16. The van der Waals surface area contributed by atoms with Crippen LogP contribution in [0.25, 0.3) is 0 Å². The highest BCUT2D eigenvalue weighted by Gasteiger charge is 2.28. The Hall–Kier alpha value is -0.0800. The fourth-order valence-electron chi connectivity index (χ4n) is 2.44. The van der Waals surface area contributed by atoms with Gasteiger partial charge in [0.25, 0.3) is 0 Å². The number of rotatable bonds is 3. The maximum atomic E-state index is 2.50. The molecule has 0 spiro atoms. The van der Waals surface area contributed by atoms with Crippen LogP contribution in [0.4, 0.5) is 0 Å². The zero-order chi connectivity index (χ0) is 9.84. The molecule has 2 nitrogen and oxygen atoms in total. The topological polar surface area (TPSA) is 6.48 Å². The van der Waals surface area contributed by atoms with Gasteiger partial charge < -0.3 is 9.80 Å². The number of nitrogens with zero attached hydrogens (tertiary/aromatic N) is 2. The first-order chi connectivity index (χ1) is 6.16. The summed E-state index contributed by atoms with van der Waals surface area (Å²) in [5.41, 5.74) is 0. The molecule has 13 heavy (non-hydrogen) atoms. The van der Waals surface area contributed by atoms with Crippen molar-refractivity contribution < 1.29 is 0 Å². The molecular formula is C11H24N2. The minimum atomic E-state index is 0.777. The van der Waals surface area contributed by atoms with Crippen LogP contribution < -0.4 is 0 Å². The third-order valence-corrected chi connectivity index (χ3v) is 3.42.